The third-order valence-corrected chi connectivity index (χ3v) is 4.65. The molecule has 0 aliphatic heterocycles. The smallest absolute Gasteiger partial charge is 0.142 e. The third-order valence-electron chi connectivity index (χ3n) is 4.65. The van der Waals surface area contributed by atoms with E-state index in [2.05, 4.69) is 34.6 Å². The number of hydrogen-bond acceptors (Lipinski definition) is 1. The molecule has 0 radical (unpaired) electrons. The Morgan fingerprint density at radius 3 is 2.40 bits per heavy atom. The number of Topliss-reactive ketones (excluding diaryl/α,β-unsaturated/α-hetero) is 1. The number of carbonyl (C=O) groups excluding carboxylic acids is 1. The number of carbonyl (C=O) groups is 1. The molecule has 4 unspecified atom stereocenters. The van der Waals surface area contributed by atoms with Crippen molar-refractivity contribution in [3.63, 3.8) is 0 Å². The van der Waals surface area contributed by atoms with Crippen LogP contribution in [0, 0.1) is 23.2 Å². The second kappa shape index (κ2) is 4.67. The minimum Gasteiger partial charge on any atom is -0.299 e. The first-order valence-electron chi connectivity index (χ1n) is 6.51. The lowest BCUT2D eigenvalue weighted by atomic mass is 9.58. The molecule has 1 aliphatic rings. The second-order valence-corrected chi connectivity index (χ2v) is 5.64. The van der Waals surface area contributed by atoms with Crippen LogP contribution in [0.4, 0.5) is 0 Å². The van der Waals surface area contributed by atoms with Crippen LogP contribution >= 0.6 is 0 Å². The third kappa shape index (κ3) is 2.11. The molecule has 0 amide bonds. The van der Waals surface area contributed by atoms with Crippen LogP contribution in [-0.2, 0) is 4.79 Å². The Hall–Kier alpha value is -0.330. The Morgan fingerprint density at radius 1 is 1.33 bits per heavy atom. The predicted molar refractivity (Wildman–Crippen MR) is 64.7 cm³/mol. The van der Waals surface area contributed by atoms with Gasteiger partial charge in [-0.25, -0.2) is 0 Å². The fourth-order valence-electron chi connectivity index (χ4n) is 3.36. The highest BCUT2D eigenvalue weighted by Crippen LogP contribution is 2.47. The Labute approximate surface area is 94.6 Å². The van der Waals surface area contributed by atoms with Gasteiger partial charge in [0.2, 0.25) is 0 Å². The summed E-state index contributed by atoms with van der Waals surface area (Å²) in [4.78, 5) is 12.4. The molecule has 88 valence electrons. The minimum atomic E-state index is -0.0323. The number of rotatable bonds is 3. The van der Waals surface area contributed by atoms with E-state index in [1.807, 2.05) is 0 Å². The summed E-state index contributed by atoms with van der Waals surface area (Å²) in [5, 5.41) is 0. The fourth-order valence-corrected chi connectivity index (χ4v) is 3.36. The zero-order chi connectivity index (χ0) is 11.6. The first-order chi connectivity index (χ1) is 6.97. The molecule has 4 atom stereocenters. The lowest BCUT2D eigenvalue weighted by Gasteiger charge is -2.45. The van der Waals surface area contributed by atoms with E-state index in [1.54, 1.807) is 0 Å². The van der Waals surface area contributed by atoms with Gasteiger partial charge in [0.1, 0.15) is 5.78 Å². The monoisotopic (exact) mass is 210 g/mol. The first-order valence-corrected chi connectivity index (χ1v) is 6.51. The summed E-state index contributed by atoms with van der Waals surface area (Å²) >= 11 is 0. The van der Waals surface area contributed by atoms with E-state index in [-0.39, 0.29) is 11.3 Å². The van der Waals surface area contributed by atoms with Gasteiger partial charge in [0.25, 0.3) is 0 Å². The minimum absolute atomic E-state index is 0.0323. The van der Waals surface area contributed by atoms with Gasteiger partial charge in [-0.15, -0.1) is 0 Å². The van der Waals surface area contributed by atoms with Crippen LogP contribution in [0.3, 0.4) is 0 Å². The second-order valence-electron chi connectivity index (χ2n) is 5.64. The summed E-state index contributed by atoms with van der Waals surface area (Å²) in [5.41, 5.74) is -0.0323. The van der Waals surface area contributed by atoms with Crippen molar-refractivity contribution in [2.75, 3.05) is 0 Å². The Morgan fingerprint density at radius 2 is 1.93 bits per heavy atom. The average Bonchev–Trinajstić information content (AvgIpc) is 2.21. The molecule has 1 aliphatic carbocycles. The molecule has 1 heteroatoms. The number of ketones is 1. The van der Waals surface area contributed by atoms with Crippen LogP contribution in [-0.4, -0.2) is 5.78 Å². The normalized spacial score (nSPS) is 41.9. The molecule has 1 rings (SSSR count). The fraction of sp³-hybridized carbons (Fsp3) is 0.929. The van der Waals surface area contributed by atoms with Gasteiger partial charge in [0.05, 0.1) is 0 Å². The van der Waals surface area contributed by atoms with E-state index in [1.165, 1.54) is 6.42 Å². The summed E-state index contributed by atoms with van der Waals surface area (Å²) in [5.74, 6) is 1.97. The van der Waals surface area contributed by atoms with Gasteiger partial charge >= 0.3 is 0 Å². The van der Waals surface area contributed by atoms with Gasteiger partial charge in [-0.3, -0.25) is 4.79 Å². The standard InChI is InChI=1S/C14H26O/c1-6-8-14(5)12(7-2)9-10(3)11(4)13(14)15/h10-12H,6-9H2,1-5H3. The van der Waals surface area contributed by atoms with Crippen LogP contribution in [0.1, 0.15) is 60.3 Å². The maximum atomic E-state index is 12.4. The summed E-state index contributed by atoms with van der Waals surface area (Å²) in [7, 11) is 0. The van der Waals surface area contributed by atoms with Gasteiger partial charge < -0.3 is 0 Å². The first kappa shape index (κ1) is 12.7. The lowest BCUT2D eigenvalue weighted by Crippen LogP contribution is -2.46. The summed E-state index contributed by atoms with van der Waals surface area (Å²) in [6, 6.07) is 0. The largest absolute Gasteiger partial charge is 0.299 e. The van der Waals surface area contributed by atoms with Crippen LogP contribution in [0.5, 0.6) is 0 Å². The van der Waals surface area contributed by atoms with E-state index >= 15 is 0 Å². The van der Waals surface area contributed by atoms with Gasteiger partial charge in [-0.2, -0.15) is 0 Å². The molecule has 1 saturated carbocycles. The Kier molecular flexibility index (Phi) is 3.97. The van der Waals surface area contributed by atoms with Crippen LogP contribution in [0.2, 0.25) is 0 Å². The molecule has 0 bridgehead atoms. The van der Waals surface area contributed by atoms with Crippen molar-refractivity contribution < 1.29 is 4.79 Å². The Balaban J connectivity index is 2.93. The van der Waals surface area contributed by atoms with Gasteiger partial charge in [-0.1, -0.05) is 47.5 Å². The van der Waals surface area contributed by atoms with Crippen molar-refractivity contribution in [2.45, 2.75) is 60.3 Å². The lowest BCUT2D eigenvalue weighted by molar-refractivity contribution is -0.142. The topological polar surface area (TPSA) is 17.1 Å². The molecule has 0 spiro atoms. The van der Waals surface area contributed by atoms with E-state index < -0.39 is 0 Å². The van der Waals surface area contributed by atoms with E-state index in [0.29, 0.717) is 17.6 Å². The quantitative estimate of drug-likeness (QED) is 0.686. The highest BCUT2D eigenvalue weighted by Gasteiger charge is 2.47. The van der Waals surface area contributed by atoms with Crippen LogP contribution < -0.4 is 0 Å². The highest BCUT2D eigenvalue weighted by atomic mass is 16.1. The van der Waals surface area contributed by atoms with Gasteiger partial charge in [0.15, 0.2) is 0 Å². The van der Waals surface area contributed by atoms with Crippen molar-refractivity contribution in [2.24, 2.45) is 23.2 Å². The molecule has 0 N–H and O–H groups in total. The molecule has 0 heterocycles. The maximum Gasteiger partial charge on any atom is 0.142 e. The molecule has 0 aromatic heterocycles. The average molecular weight is 210 g/mol. The molecule has 15 heavy (non-hydrogen) atoms. The summed E-state index contributed by atoms with van der Waals surface area (Å²) in [6.45, 7) is 11.0. The Bertz CT molecular complexity index is 233. The van der Waals surface area contributed by atoms with Crippen molar-refractivity contribution in [3.8, 4) is 0 Å². The molecular formula is C14H26O. The van der Waals surface area contributed by atoms with E-state index in [9.17, 15) is 4.79 Å². The SMILES string of the molecule is CCCC1(C)C(=O)C(C)C(C)CC1CC. The van der Waals surface area contributed by atoms with Crippen LogP contribution in [0.15, 0.2) is 0 Å². The molecule has 0 aromatic rings. The van der Waals surface area contributed by atoms with Crippen molar-refractivity contribution in [1.29, 1.82) is 0 Å². The molecule has 1 fully saturated rings. The number of hydrogen-bond donors (Lipinski definition) is 0. The predicted octanol–water partition coefficient (Wildman–Crippen LogP) is 4.06. The maximum absolute atomic E-state index is 12.4. The van der Waals surface area contributed by atoms with Crippen molar-refractivity contribution in [3.05, 3.63) is 0 Å². The van der Waals surface area contributed by atoms with Crippen molar-refractivity contribution in [1.82, 2.24) is 0 Å². The highest BCUT2D eigenvalue weighted by molar-refractivity contribution is 5.87. The molecule has 1 nitrogen and oxygen atoms in total. The van der Waals surface area contributed by atoms with Gasteiger partial charge in [-0.05, 0) is 24.7 Å². The molecule has 0 saturated heterocycles. The van der Waals surface area contributed by atoms with E-state index in [4.69, 9.17) is 0 Å². The molecular weight excluding hydrogens is 184 g/mol. The van der Waals surface area contributed by atoms with E-state index in [0.717, 1.165) is 19.3 Å². The van der Waals surface area contributed by atoms with Crippen LogP contribution in [0.25, 0.3) is 0 Å². The zero-order valence-corrected chi connectivity index (χ0v) is 11.0. The summed E-state index contributed by atoms with van der Waals surface area (Å²) < 4.78 is 0. The van der Waals surface area contributed by atoms with Crippen molar-refractivity contribution >= 4 is 5.78 Å². The summed E-state index contributed by atoms with van der Waals surface area (Å²) in [6.07, 6.45) is 4.58. The molecule has 0 aromatic carbocycles. The van der Waals surface area contributed by atoms with Gasteiger partial charge in [0, 0.05) is 11.3 Å². The zero-order valence-electron chi connectivity index (χ0n) is 11.0.